The Kier molecular flexibility index (Phi) is 6.25. The van der Waals surface area contributed by atoms with E-state index in [9.17, 15) is 0 Å². The molecule has 0 spiro atoms. The van der Waals surface area contributed by atoms with Crippen molar-refractivity contribution in [3.05, 3.63) is 58.1 Å². The lowest BCUT2D eigenvalue weighted by atomic mass is 10.00. The average molecular weight is 511 g/mol. The van der Waals surface area contributed by atoms with Crippen LogP contribution in [0.1, 0.15) is 24.8 Å². The van der Waals surface area contributed by atoms with Gasteiger partial charge in [0.1, 0.15) is 13.2 Å². The van der Waals surface area contributed by atoms with Crippen molar-refractivity contribution >= 4 is 23.2 Å². The number of pyridine rings is 1. The minimum absolute atomic E-state index is 0.539. The van der Waals surface area contributed by atoms with Gasteiger partial charge in [-0.05, 0) is 48.4 Å². The highest BCUT2D eigenvalue weighted by Crippen LogP contribution is 2.42. The maximum Gasteiger partial charge on any atom is 0.219 e. The molecule has 5 nitrogen and oxygen atoms in total. The van der Waals surface area contributed by atoms with Crippen LogP contribution in [-0.2, 0) is 6.54 Å². The van der Waals surface area contributed by atoms with Crippen LogP contribution in [0.3, 0.4) is 0 Å². The molecule has 1 saturated heterocycles. The first kappa shape index (κ1) is 23.0. The Morgan fingerprint density at radius 1 is 0.971 bits per heavy atom. The fourth-order valence-corrected chi connectivity index (χ4v) is 6.39. The van der Waals surface area contributed by atoms with Crippen LogP contribution in [-0.4, -0.2) is 43.3 Å². The molecule has 2 fully saturated rings. The second-order valence-electron chi connectivity index (χ2n) is 9.65. The molecule has 35 heavy (non-hydrogen) atoms. The molecule has 0 amide bonds. The van der Waals surface area contributed by atoms with Crippen molar-refractivity contribution in [1.82, 2.24) is 9.88 Å². The Balaban J connectivity index is 1.31. The number of ether oxygens (including phenoxy) is 3. The summed E-state index contributed by atoms with van der Waals surface area (Å²) >= 11 is 13.8. The molecule has 2 unspecified atom stereocenters. The molecular formula is C28H28Cl2N2O3. The van der Waals surface area contributed by atoms with E-state index in [4.69, 9.17) is 42.4 Å². The van der Waals surface area contributed by atoms with Gasteiger partial charge in [-0.2, -0.15) is 0 Å². The van der Waals surface area contributed by atoms with Crippen molar-refractivity contribution in [2.45, 2.75) is 25.8 Å². The Labute approximate surface area is 215 Å². The zero-order valence-electron chi connectivity index (χ0n) is 19.7. The molecule has 1 aliphatic carbocycles. The number of nitrogens with zero attached hydrogens (tertiary/aromatic N) is 2. The van der Waals surface area contributed by atoms with Gasteiger partial charge >= 0.3 is 0 Å². The van der Waals surface area contributed by atoms with Gasteiger partial charge in [0.2, 0.25) is 5.88 Å². The summed E-state index contributed by atoms with van der Waals surface area (Å²) in [5, 5.41) is 1.26. The summed E-state index contributed by atoms with van der Waals surface area (Å²) < 4.78 is 17.1. The van der Waals surface area contributed by atoms with Gasteiger partial charge in [0.05, 0.1) is 22.8 Å². The van der Waals surface area contributed by atoms with Gasteiger partial charge in [-0.15, -0.1) is 0 Å². The molecular weight excluding hydrogens is 483 g/mol. The number of likely N-dealkylation sites (tertiary alicyclic amines) is 1. The fourth-order valence-electron chi connectivity index (χ4n) is 5.82. The van der Waals surface area contributed by atoms with E-state index >= 15 is 0 Å². The number of hydrogen-bond acceptors (Lipinski definition) is 5. The van der Waals surface area contributed by atoms with E-state index in [1.54, 1.807) is 7.11 Å². The predicted molar refractivity (Wildman–Crippen MR) is 139 cm³/mol. The third-order valence-corrected chi connectivity index (χ3v) is 8.28. The fraction of sp³-hybridized carbons (Fsp3) is 0.393. The third kappa shape index (κ3) is 4.35. The Hall–Kier alpha value is -2.47. The van der Waals surface area contributed by atoms with E-state index in [2.05, 4.69) is 4.90 Å². The van der Waals surface area contributed by atoms with Crippen LogP contribution in [0.5, 0.6) is 17.4 Å². The highest BCUT2D eigenvalue weighted by Gasteiger charge is 2.36. The number of hydrogen-bond donors (Lipinski definition) is 0. The molecule has 182 valence electrons. The molecule has 3 aromatic rings. The van der Waals surface area contributed by atoms with Crippen LogP contribution in [0, 0.1) is 11.8 Å². The SMILES string of the molecule is COc1nc(-c2cccc(-c3ccc4c(c3)OCCO4)c2Cl)cc(Cl)c1CN1CC2CCCC2C1. The van der Waals surface area contributed by atoms with Crippen LogP contribution >= 0.6 is 23.2 Å². The first-order valence-electron chi connectivity index (χ1n) is 12.3. The largest absolute Gasteiger partial charge is 0.486 e. The van der Waals surface area contributed by atoms with Crippen molar-refractivity contribution in [3.8, 4) is 39.8 Å². The average Bonchev–Trinajstić information content (AvgIpc) is 3.47. The van der Waals surface area contributed by atoms with E-state index in [1.165, 1.54) is 19.3 Å². The van der Waals surface area contributed by atoms with Crippen LogP contribution < -0.4 is 14.2 Å². The second-order valence-corrected chi connectivity index (χ2v) is 10.4. The lowest BCUT2D eigenvalue weighted by molar-refractivity contribution is 0.171. The van der Waals surface area contributed by atoms with Crippen molar-refractivity contribution in [2.24, 2.45) is 11.8 Å². The summed E-state index contributed by atoms with van der Waals surface area (Å²) in [6, 6.07) is 13.7. The Morgan fingerprint density at radius 2 is 1.71 bits per heavy atom. The molecule has 2 atom stereocenters. The van der Waals surface area contributed by atoms with Crippen molar-refractivity contribution in [3.63, 3.8) is 0 Å². The zero-order chi connectivity index (χ0) is 23.9. The molecule has 1 saturated carbocycles. The highest BCUT2D eigenvalue weighted by molar-refractivity contribution is 6.36. The first-order valence-corrected chi connectivity index (χ1v) is 13.0. The maximum atomic E-state index is 6.94. The molecule has 0 N–H and O–H groups in total. The predicted octanol–water partition coefficient (Wildman–Crippen LogP) is 6.73. The lowest BCUT2D eigenvalue weighted by Gasteiger charge is -2.20. The van der Waals surface area contributed by atoms with Crippen molar-refractivity contribution in [1.29, 1.82) is 0 Å². The minimum atomic E-state index is 0.539. The van der Waals surface area contributed by atoms with Crippen LogP contribution in [0.25, 0.3) is 22.4 Å². The van der Waals surface area contributed by atoms with Gasteiger partial charge in [-0.25, -0.2) is 4.98 Å². The number of fused-ring (bicyclic) bond motifs is 2. The minimum Gasteiger partial charge on any atom is -0.486 e. The molecule has 0 bridgehead atoms. The van der Waals surface area contributed by atoms with Gasteiger partial charge in [-0.3, -0.25) is 4.90 Å². The number of methoxy groups -OCH3 is 1. The lowest BCUT2D eigenvalue weighted by Crippen LogP contribution is -2.22. The Morgan fingerprint density at radius 3 is 2.49 bits per heavy atom. The monoisotopic (exact) mass is 510 g/mol. The summed E-state index contributed by atoms with van der Waals surface area (Å²) in [6.45, 7) is 4.13. The van der Waals surface area contributed by atoms with E-state index in [-0.39, 0.29) is 0 Å². The van der Waals surface area contributed by atoms with E-state index in [0.29, 0.717) is 34.8 Å². The summed E-state index contributed by atoms with van der Waals surface area (Å²) in [4.78, 5) is 7.34. The van der Waals surface area contributed by atoms with Crippen molar-refractivity contribution < 1.29 is 14.2 Å². The van der Waals surface area contributed by atoms with Gasteiger partial charge in [0.25, 0.3) is 0 Å². The first-order chi connectivity index (χ1) is 17.1. The quantitative estimate of drug-likeness (QED) is 0.380. The highest BCUT2D eigenvalue weighted by atomic mass is 35.5. The zero-order valence-corrected chi connectivity index (χ0v) is 21.2. The Bertz CT molecular complexity index is 1250. The maximum absolute atomic E-state index is 6.94. The summed E-state index contributed by atoms with van der Waals surface area (Å²) in [5.74, 6) is 3.70. The molecule has 1 aromatic heterocycles. The molecule has 2 aliphatic heterocycles. The number of halogens is 2. The molecule has 7 heteroatoms. The molecule has 0 radical (unpaired) electrons. The summed E-state index contributed by atoms with van der Waals surface area (Å²) in [7, 11) is 1.65. The van der Waals surface area contributed by atoms with Crippen LogP contribution in [0.4, 0.5) is 0 Å². The second kappa shape index (κ2) is 9.53. The number of rotatable bonds is 5. The van der Waals surface area contributed by atoms with Crippen molar-refractivity contribution in [2.75, 3.05) is 33.4 Å². The van der Waals surface area contributed by atoms with Gasteiger partial charge in [0, 0.05) is 36.3 Å². The van der Waals surface area contributed by atoms with Gasteiger partial charge < -0.3 is 14.2 Å². The van der Waals surface area contributed by atoms with E-state index < -0.39 is 0 Å². The van der Waals surface area contributed by atoms with E-state index in [1.807, 2.05) is 42.5 Å². The normalized spacial score (nSPS) is 21.2. The van der Waals surface area contributed by atoms with Crippen LogP contribution in [0.15, 0.2) is 42.5 Å². The molecule has 3 aliphatic rings. The van der Waals surface area contributed by atoms with Gasteiger partial charge in [-0.1, -0.05) is 53.9 Å². The molecule has 6 rings (SSSR count). The van der Waals surface area contributed by atoms with E-state index in [0.717, 1.165) is 65.2 Å². The van der Waals surface area contributed by atoms with Gasteiger partial charge in [0.15, 0.2) is 11.5 Å². The summed E-state index contributed by atoms with van der Waals surface area (Å²) in [5.41, 5.74) is 4.29. The molecule has 2 aromatic carbocycles. The summed E-state index contributed by atoms with van der Waals surface area (Å²) in [6.07, 6.45) is 4.07. The standard InChI is InChI=1S/C28H28Cl2N2O3/c1-33-28-22(16-32-14-18-4-2-5-19(18)15-32)23(29)13-24(31-28)21-7-3-6-20(27(21)30)17-8-9-25-26(12-17)35-11-10-34-25/h3,6-9,12-13,18-19H,2,4-5,10-11,14-16H2,1H3. The third-order valence-electron chi connectivity index (χ3n) is 7.54. The topological polar surface area (TPSA) is 43.8 Å². The number of benzene rings is 2. The smallest absolute Gasteiger partial charge is 0.219 e. The van der Waals surface area contributed by atoms with Crippen LogP contribution in [0.2, 0.25) is 10.0 Å². The molecule has 3 heterocycles. The number of aromatic nitrogens is 1.